The minimum Gasteiger partial charge on any atom is -0.388 e. The zero-order valence-electron chi connectivity index (χ0n) is 6.66. The lowest BCUT2D eigenvalue weighted by atomic mass is 10.1. The summed E-state index contributed by atoms with van der Waals surface area (Å²) in [5.41, 5.74) is 5.38. The molecule has 0 saturated carbocycles. The van der Waals surface area contributed by atoms with E-state index in [1.54, 1.807) is 6.92 Å². The van der Waals surface area contributed by atoms with E-state index >= 15 is 0 Å². The average Bonchev–Trinajstić information content (AvgIpc) is 1.93. The Bertz CT molecular complexity index is 155. The lowest BCUT2D eigenvalue weighted by Gasteiger charge is -2.24. The summed E-state index contributed by atoms with van der Waals surface area (Å²) < 4.78 is 5.03. The minimum absolute atomic E-state index is 0.0613. The summed E-state index contributed by atoms with van der Waals surface area (Å²) in [5, 5.41) is 9.33. The van der Waals surface area contributed by atoms with Crippen LogP contribution in [0, 0.1) is 0 Å². The summed E-state index contributed by atoms with van der Waals surface area (Å²) in [5.74, 6) is 0.524. The molecular formula is C7H14N2O2. The summed E-state index contributed by atoms with van der Waals surface area (Å²) in [6, 6.07) is -0.0613. The highest BCUT2D eigenvalue weighted by Gasteiger charge is 2.22. The molecule has 1 rings (SSSR count). The van der Waals surface area contributed by atoms with Gasteiger partial charge in [0, 0.05) is 6.61 Å². The largest absolute Gasteiger partial charge is 0.388 e. The number of rotatable bonds is 1. The second-order valence-electron chi connectivity index (χ2n) is 2.77. The molecule has 4 nitrogen and oxygen atoms in total. The Hall–Kier alpha value is -0.610. The Kier molecular flexibility index (Phi) is 2.84. The fourth-order valence-electron chi connectivity index (χ4n) is 1.12. The van der Waals surface area contributed by atoms with Gasteiger partial charge >= 0.3 is 0 Å². The van der Waals surface area contributed by atoms with E-state index in [0.717, 1.165) is 6.42 Å². The third-order valence-electron chi connectivity index (χ3n) is 1.66. The normalized spacial score (nSPS) is 33.8. The number of aliphatic hydroxyl groups is 1. The van der Waals surface area contributed by atoms with Gasteiger partial charge in [-0.25, -0.2) is 0 Å². The molecule has 0 unspecified atom stereocenters. The summed E-state index contributed by atoms with van der Waals surface area (Å²) in [7, 11) is 0. The van der Waals surface area contributed by atoms with E-state index in [2.05, 4.69) is 4.99 Å². The average molecular weight is 158 g/mol. The van der Waals surface area contributed by atoms with E-state index in [1.807, 2.05) is 0 Å². The Balaban J connectivity index is 2.48. The molecule has 3 N–H and O–H groups in total. The minimum atomic E-state index is -0.484. The van der Waals surface area contributed by atoms with Gasteiger partial charge in [-0.05, 0) is 13.3 Å². The van der Waals surface area contributed by atoms with Gasteiger partial charge in [-0.3, -0.25) is 4.99 Å². The van der Waals surface area contributed by atoms with E-state index in [4.69, 9.17) is 10.5 Å². The van der Waals surface area contributed by atoms with Gasteiger partial charge in [0.05, 0.1) is 24.6 Å². The van der Waals surface area contributed by atoms with Crippen molar-refractivity contribution < 1.29 is 9.84 Å². The van der Waals surface area contributed by atoms with Crippen LogP contribution in [0.15, 0.2) is 4.99 Å². The zero-order valence-corrected chi connectivity index (χ0v) is 6.66. The van der Waals surface area contributed by atoms with Crippen molar-refractivity contribution in [3.8, 4) is 0 Å². The fourth-order valence-corrected chi connectivity index (χ4v) is 1.12. The van der Waals surface area contributed by atoms with Crippen molar-refractivity contribution in [2.75, 3.05) is 13.2 Å². The van der Waals surface area contributed by atoms with Gasteiger partial charge in [-0.1, -0.05) is 0 Å². The van der Waals surface area contributed by atoms with Crippen molar-refractivity contribution in [1.29, 1.82) is 0 Å². The molecule has 0 amide bonds. The maximum Gasteiger partial charge on any atom is 0.0998 e. The first kappa shape index (κ1) is 8.49. The van der Waals surface area contributed by atoms with Crippen LogP contribution in [0.2, 0.25) is 0 Å². The summed E-state index contributed by atoms with van der Waals surface area (Å²) in [6.45, 7) is 2.77. The lowest BCUT2D eigenvalue weighted by molar-refractivity contribution is -0.0176. The molecule has 0 aromatic rings. The Morgan fingerprint density at radius 1 is 1.73 bits per heavy atom. The SMILES string of the molecule is CC(N)=N[C@@H]1CCOC[C@H]1O. The van der Waals surface area contributed by atoms with Crippen LogP contribution in [0.3, 0.4) is 0 Å². The van der Waals surface area contributed by atoms with Gasteiger partial charge in [-0.15, -0.1) is 0 Å². The number of amidine groups is 1. The van der Waals surface area contributed by atoms with Gasteiger partial charge in [0.2, 0.25) is 0 Å². The van der Waals surface area contributed by atoms with E-state index in [0.29, 0.717) is 19.0 Å². The lowest BCUT2D eigenvalue weighted by Crippen LogP contribution is -2.36. The fraction of sp³-hybridized carbons (Fsp3) is 0.857. The third-order valence-corrected chi connectivity index (χ3v) is 1.66. The Morgan fingerprint density at radius 3 is 3.00 bits per heavy atom. The van der Waals surface area contributed by atoms with Crippen LogP contribution in [0.1, 0.15) is 13.3 Å². The van der Waals surface area contributed by atoms with Crippen LogP contribution in [0.5, 0.6) is 0 Å². The molecule has 1 heterocycles. The summed E-state index contributed by atoms with van der Waals surface area (Å²) in [6.07, 6.45) is 0.276. The molecule has 1 aliphatic rings. The molecular weight excluding hydrogens is 144 g/mol. The standard InChI is InChI=1S/C7H14N2O2/c1-5(8)9-6-2-3-11-4-7(6)10/h6-7,10H,2-4H2,1H3,(H2,8,9)/t6-,7-/m1/s1. The number of hydrogen-bond donors (Lipinski definition) is 2. The number of ether oxygens (including phenoxy) is 1. The van der Waals surface area contributed by atoms with E-state index < -0.39 is 6.10 Å². The maximum absolute atomic E-state index is 9.33. The van der Waals surface area contributed by atoms with E-state index in [9.17, 15) is 5.11 Å². The first-order chi connectivity index (χ1) is 5.20. The third kappa shape index (κ3) is 2.48. The molecule has 0 aromatic carbocycles. The summed E-state index contributed by atoms with van der Waals surface area (Å²) in [4.78, 5) is 4.08. The molecule has 1 fully saturated rings. The molecule has 0 bridgehead atoms. The second-order valence-corrected chi connectivity index (χ2v) is 2.77. The Morgan fingerprint density at radius 2 is 2.45 bits per heavy atom. The Labute approximate surface area is 66.1 Å². The molecule has 0 aromatic heterocycles. The smallest absolute Gasteiger partial charge is 0.0998 e. The highest BCUT2D eigenvalue weighted by molar-refractivity contribution is 5.77. The van der Waals surface area contributed by atoms with Gasteiger partial charge in [-0.2, -0.15) is 0 Å². The molecule has 2 atom stereocenters. The van der Waals surface area contributed by atoms with Crippen LogP contribution < -0.4 is 5.73 Å². The zero-order chi connectivity index (χ0) is 8.27. The molecule has 0 radical (unpaired) electrons. The second kappa shape index (κ2) is 3.69. The quantitative estimate of drug-likeness (QED) is 0.400. The maximum atomic E-state index is 9.33. The van der Waals surface area contributed by atoms with Gasteiger partial charge in [0.1, 0.15) is 0 Å². The molecule has 64 valence electrons. The van der Waals surface area contributed by atoms with Crippen LogP contribution >= 0.6 is 0 Å². The van der Waals surface area contributed by atoms with Crippen molar-refractivity contribution in [3.63, 3.8) is 0 Å². The number of hydrogen-bond acceptors (Lipinski definition) is 3. The monoisotopic (exact) mass is 158 g/mol. The van der Waals surface area contributed by atoms with Crippen molar-refractivity contribution in [1.82, 2.24) is 0 Å². The van der Waals surface area contributed by atoms with Gasteiger partial charge in [0.15, 0.2) is 0 Å². The molecule has 0 spiro atoms. The van der Waals surface area contributed by atoms with Gasteiger partial charge < -0.3 is 15.6 Å². The number of nitrogens with two attached hydrogens (primary N) is 1. The van der Waals surface area contributed by atoms with Crippen molar-refractivity contribution in [2.45, 2.75) is 25.5 Å². The first-order valence-electron chi connectivity index (χ1n) is 3.76. The number of aliphatic imine (C=N–C) groups is 1. The predicted molar refractivity (Wildman–Crippen MR) is 42.5 cm³/mol. The highest BCUT2D eigenvalue weighted by Crippen LogP contribution is 2.10. The van der Waals surface area contributed by atoms with E-state index in [1.165, 1.54) is 0 Å². The molecule has 1 saturated heterocycles. The predicted octanol–water partition coefficient (Wildman–Crippen LogP) is -0.487. The van der Waals surface area contributed by atoms with Crippen molar-refractivity contribution >= 4 is 5.84 Å². The van der Waals surface area contributed by atoms with E-state index in [-0.39, 0.29) is 6.04 Å². The number of nitrogens with zero attached hydrogens (tertiary/aromatic N) is 1. The highest BCUT2D eigenvalue weighted by atomic mass is 16.5. The molecule has 0 aliphatic carbocycles. The van der Waals surface area contributed by atoms with Crippen LogP contribution in [-0.4, -0.2) is 36.3 Å². The number of aliphatic hydroxyl groups excluding tert-OH is 1. The van der Waals surface area contributed by atoms with Crippen molar-refractivity contribution in [3.05, 3.63) is 0 Å². The van der Waals surface area contributed by atoms with Crippen LogP contribution in [-0.2, 0) is 4.74 Å². The van der Waals surface area contributed by atoms with Crippen LogP contribution in [0.4, 0.5) is 0 Å². The van der Waals surface area contributed by atoms with Crippen LogP contribution in [0.25, 0.3) is 0 Å². The van der Waals surface area contributed by atoms with Gasteiger partial charge in [0.25, 0.3) is 0 Å². The first-order valence-corrected chi connectivity index (χ1v) is 3.76. The van der Waals surface area contributed by atoms with Crippen molar-refractivity contribution in [2.24, 2.45) is 10.7 Å². The topological polar surface area (TPSA) is 67.8 Å². The molecule has 4 heteroatoms. The molecule has 1 aliphatic heterocycles. The molecule has 11 heavy (non-hydrogen) atoms. The summed E-state index contributed by atoms with van der Waals surface area (Å²) >= 11 is 0.